The van der Waals surface area contributed by atoms with Crippen LogP contribution in [0.15, 0.2) is 4.99 Å². The molecule has 70 valence electrons. The second-order valence-corrected chi connectivity index (χ2v) is 1.77. The first-order chi connectivity index (χ1) is 5.36. The van der Waals surface area contributed by atoms with Gasteiger partial charge in [-0.05, 0) is 6.92 Å². The van der Waals surface area contributed by atoms with E-state index in [2.05, 4.69) is 4.99 Å². The molecule has 0 amide bonds. The van der Waals surface area contributed by atoms with Crippen molar-refractivity contribution < 1.29 is 24.9 Å². The van der Waals surface area contributed by atoms with Gasteiger partial charge in [-0.1, -0.05) is 0 Å². The summed E-state index contributed by atoms with van der Waals surface area (Å²) in [6.45, 7) is 2.46. The topological polar surface area (TPSA) is 107 Å². The van der Waals surface area contributed by atoms with Gasteiger partial charge in [-0.15, -0.1) is 0 Å². The largest absolute Gasteiger partial charge is 0.481 e. The van der Waals surface area contributed by atoms with Crippen molar-refractivity contribution in [1.29, 1.82) is 0 Å². The van der Waals surface area contributed by atoms with E-state index >= 15 is 0 Å². The van der Waals surface area contributed by atoms with Gasteiger partial charge in [-0.25, -0.2) is 4.79 Å². The van der Waals surface area contributed by atoms with Crippen LogP contribution in [0.25, 0.3) is 0 Å². The van der Waals surface area contributed by atoms with Crippen molar-refractivity contribution in [3.05, 3.63) is 0 Å². The molecule has 0 aromatic carbocycles. The molecule has 0 saturated carbocycles. The average molecular weight is 177 g/mol. The highest BCUT2D eigenvalue weighted by atomic mass is 16.4. The zero-order valence-corrected chi connectivity index (χ0v) is 6.76. The van der Waals surface area contributed by atoms with Crippen LogP contribution in [0.4, 0.5) is 0 Å². The smallest absolute Gasteiger partial charge is 0.346 e. The Hall–Kier alpha value is -1.43. The van der Waals surface area contributed by atoms with Gasteiger partial charge in [-0.3, -0.25) is 9.79 Å². The molecule has 0 aromatic rings. The second-order valence-electron chi connectivity index (χ2n) is 1.77. The van der Waals surface area contributed by atoms with Crippen molar-refractivity contribution in [1.82, 2.24) is 0 Å². The Kier molecular flexibility index (Phi) is 8.43. The van der Waals surface area contributed by atoms with Gasteiger partial charge in [0.15, 0.2) is 0 Å². The van der Waals surface area contributed by atoms with E-state index in [1.807, 2.05) is 0 Å². The normalized spacial score (nSPS) is 11.6. The van der Waals surface area contributed by atoms with E-state index in [1.165, 1.54) is 6.92 Å². The molecule has 1 atom stereocenters. The number of aliphatic hydroxyl groups excluding tert-OH is 1. The van der Waals surface area contributed by atoms with E-state index in [0.29, 0.717) is 6.21 Å². The molecule has 6 nitrogen and oxygen atoms in total. The molecule has 3 N–H and O–H groups in total. The predicted octanol–water partition coefficient (Wildman–Crippen LogP) is -0.429. The lowest BCUT2D eigenvalue weighted by molar-refractivity contribution is -0.134. The third-order valence-corrected chi connectivity index (χ3v) is 0.401. The molecule has 0 aliphatic heterocycles. The van der Waals surface area contributed by atoms with Crippen LogP contribution in [-0.2, 0) is 9.59 Å². The third-order valence-electron chi connectivity index (χ3n) is 0.401. The monoisotopic (exact) mass is 177 g/mol. The maximum atomic E-state index is 9.64. The third kappa shape index (κ3) is 38.5. The molecule has 0 bridgehead atoms. The van der Waals surface area contributed by atoms with Crippen LogP contribution in [0.5, 0.6) is 0 Å². The molecule has 0 rings (SSSR count). The lowest BCUT2D eigenvalue weighted by atomic mass is 10.6. The van der Waals surface area contributed by atoms with E-state index in [0.717, 1.165) is 6.92 Å². The molecule has 0 radical (unpaired) electrons. The van der Waals surface area contributed by atoms with Crippen molar-refractivity contribution in [2.75, 3.05) is 0 Å². The minimum Gasteiger partial charge on any atom is -0.481 e. The zero-order chi connectivity index (χ0) is 10.1. The summed E-state index contributed by atoms with van der Waals surface area (Å²) in [5.41, 5.74) is 0. The van der Waals surface area contributed by atoms with Crippen LogP contribution in [0, 0.1) is 0 Å². The molecular formula is C6H11NO5. The van der Waals surface area contributed by atoms with Gasteiger partial charge in [-0.2, -0.15) is 0 Å². The molecule has 0 heterocycles. The number of carboxylic acids is 2. The average Bonchev–Trinajstić information content (AvgIpc) is 1.82. The van der Waals surface area contributed by atoms with Gasteiger partial charge in [0.25, 0.3) is 5.97 Å². The number of rotatable bonds is 2. The quantitative estimate of drug-likeness (QED) is 0.496. The summed E-state index contributed by atoms with van der Waals surface area (Å²) < 4.78 is 0. The van der Waals surface area contributed by atoms with Crippen molar-refractivity contribution in [2.45, 2.75) is 20.1 Å². The summed E-state index contributed by atoms with van der Waals surface area (Å²) in [7, 11) is 0. The van der Waals surface area contributed by atoms with Crippen molar-refractivity contribution in [3.63, 3.8) is 0 Å². The standard InChI is InChI=1S/C4H7NO3.C2H4O2/c1-3(6)5-2-4(7)8;1-2(3)4/h2-3,6H,1H3,(H,7,8);1H3,(H,3,4). The van der Waals surface area contributed by atoms with Gasteiger partial charge in [0.1, 0.15) is 12.4 Å². The Morgan fingerprint density at radius 1 is 1.42 bits per heavy atom. The fraction of sp³-hybridized carbons (Fsp3) is 0.500. The number of nitrogens with zero attached hydrogens (tertiary/aromatic N) is 1. The van der Waals surface area contributed by atoms with Crippen LogP contribution < -0.4 is 0 Å². The van der Waals surface area contributed by atoms with Gasteiger partial charge in [0.2, 0.25) is 0 Å². The molecular weight excluding hydrogens is 166 g/mol. The number of hydrogen-bond donors (Lipinski definition) is 3. The molecule has 0 aliphatic carbocycles. The van der Waals surface area contributed by atoms with E-state index in [4.69, 9.17) is 20.1 Å². The molecule has 0 aliphatic rings. The maximum Gasteiger partial charge on any atom is 0.346 e. The van der Waals surface area contributed by atoms with Crippen LogP contribution in [-0.4, -0.2) is 39.7 Å². The van der Waals surface area contributed by atoms with Gasteiger partial charge in [0.05, 0.1) is 0 Å². The molecule has 0 spiro atoms. The van der Waals surface area contributed by atoms with E-state index in [1.54, 1.807) is 0 Å². The molecule has 1 unspecified atom stereocenters. The maximum absolute atomic E-state index is 9.64. The first-order valence-corrected chi connectivity index (χ1v) is 3.00. The van der Waals surface area contributed by atoms with E-state index in [-0.39, 0.29) is 0 Å². The summed E-state index contributed by atoms with van der Waals surface area (Å²) in [4.78, 5) is 21.8. The van der Waals surface area contributed by atoms with Crippen LogP contribution in [0.1, 0.15) is 13.8 Å². The first kappa shape index (κ1) is 13.2. The fourth-order valence-corrected chi connectivity index (χ4v) is 0.172. The Morgan fingerprint density at radius 2 is 1.75 bits per heavy atom. The predicted molar refractivity (Wildman–Crippen MR) is 41.1 cm³/mol. The Balaban J connectivity index is 0. The molecule has 0 saturated heterocycles. The lowest BCUT2D eigenvalue weighted by Crippen LogP contribution is -2.00. The first-order valence-electron chi connectivity index (χ1n) is 3.00. The SMILES string of the molecule is CC(=O)O.CC(O)N=CC(=O)O. The van der Waals surface area contributed by atoms with Crippen molar-refractivity contribution >= 4 is 18.2 Å². The summed E-state index contributed by atoms with van der Waals surface area (Å²) in [6.07, 6.45) is -0.268. The summed E-state index contributed by atoms with van der Waals surface area (Å²) >= 11 is 0. The number of aliphatic imine (C=N–C) groups is 1. The second kappa shape index (κ2) is 7.67. The minimum atomic E-state index is -1.15. The van der Waals surface area contributed by atoms with Gasteiger partial charge < -0.3 is 15.3 Å². The lowest BCUT2D eigenvalue weighted by Gasteiger charge is -1.88. The zero-order valence-electron chi connectivity index (χ0n) is 6.76. The number of carboxylic acid groups (broad SMARTS) is 2. The number of hydrogen-bond acceptors (Lipinski definition) is 4. The minimum absolute atomic E-state index is 0.657. The number of carbonyl (C=O) groups is 2. The van der Waals surface area contributed by atoms with E-state index in [9.17, 15) is 4.79 Å². The molecule has 0 fully saturated rings. The van der Waals surface area contributed by atoms with E-state index < -0.39 is 18.2 Å². The number of aliphatic hydroxyl groups is 1. The van der Waals surface area contributed by atoms with Crippen molar-refractivity contribution in [3.8, 4) is 0 Å². The highest BCUT2D eigenvalue weighted by Crippen LogP contribution is 1.76. The van der Waals surface area contributed by atoms with Crippen molar-refractivity contribution in [2.24, 2.45) is 4.99 Å². The Morgan fingerprint density at radius 3 is 1.83 bits per heavy atom. The van der Waals surface area contributed by atoms with Gasteiger partial charge >= 0.3 is 5.97 Å². The van der Waals surface area contributed by atoms with Crippen LogP contribution >= 0.6 is 0 Å². The highest BCUT2D eigenvalue weighted by molar-refractivity contribution is 6.21. The number of aliphatic carboxylic acids is 2. The van der Waals surface area contributed by atoms with Crippen LogP contribution in [0.3, 0.4) is 0 Å². The summed E-state index contributed by atoms with van der Waals surface area (Å²) in [5.74, 6) is -1.98. The Bertz CT molecular complexity index is 171. The fourth-order valence-electron chi connectivity index (χ4n) is 0.172. The summed E-state index contributed by atoms with van der Waals surface area (Å²) in [5, 5.41) is 23.7. The highest BCUT2D eigenvalue weighted by Gasteiger charge is 1.88. The Labute approximate surface area is 69.2 Å². The molecule has 0 aromatic heterocycles. The molecule has 6 heteroatoms. The van der Waals surface area contributed by atoms with Crippen LogP contribution in [0.2, 0.25) is 0 Å². The summed E-state index contributed by atoms with van der Waals surface area (Å²) in [6, 6.07) is 0. The molecule has 12 heavy (non-hydrogen) atoms. The van der Waals surface area contributed by atoms with Gasteiger partial charge in [0, 0.05) is 6.92 Å².